The topological polar surface area (TPSA) is 60.0 Å². The van der Waals surface area contributed by atoms with Crippen LogP contribution in [0.4, 0.5) is 4.39 Å². The highest BCUT2D eigenvalue weighted by molar-refractivity contribution is 14.0. The van der Waals surface area contributed by atoms with E-state index in [0.717, 1.165) is 44.5 Å². The van der Waals surface area contributed by atoms with Crippen molar-refractivity contribution in [2.75, 3.05) is 40.8 Å². The molecule has 0 aromatic heterocycles. The number of hydrogen-bond donors (Lipinski definition) is 2. The van der Waals surface area contributed by atoms with E-state index in [1.165, 1.54) is 12.1 Å². The molecule has 0 bridgehead atoms. The first-order valence-electron chi connectivity index (χ1n) is 9.15. The Labute approximate surface area is 178 Å². The molecule has 1 fully saturated rings. The average molecular weight is 491 g/mol. The van der Waals surface area contributed by atoms with Crippen molar-refractivity contribution in [3.8, 4) is 0 Å². The second-order valence-electron chi connectivity index (χ2n) is 6.76. The summed E-state index contributed by atoms with van der Waals surface area (Å²) in [7, 11) is 5.34. The standard InChI is InChI=1S/C19H30FN5O.HI/c1-21-19(23-14-15-7-4-8-16(20)13-15)22-10-6-12-25-11-5-9-17(25)18(26)24(2)3;/h4,7-8,13,17H,5-6,9-12,14H2,1-3H3,(H2,21,22,23);1H. The third-order valence-corrected chi connectivity index (χ3v) is 4.58. The summed E-state index contributed by atoms with van der Waals surface area (Å²) < 4.78 is 13.2. The van der Waals surface area contributed by atoms with Crippen molar-refractivity contribution in [3.63, 3.8) is 0 Å². The molecule has 2 rings (SSSR count). The van der Waals surface area contributed by atoms with E-state index in [4.69, 9.17) is 0 Å². The number of halogens is 2. The molecular formula is C19H31FIN5O. The van der Waals surface area contributed by atoms with Gasteiger partial charge < -0.3 is 15.5 Å². The van der Waals surface area contributed by atoms with Gasteiger partial charge in [0, 0.05) is 40.8 Å². The fraction of sp³-hybridized carbons (Fsp3) is 0.579. The van der Waals surface area contributed by atoms with E-state index >= 15 is 0 Å². The minimum Gasteiger partial charge on any atom is -0.356 e. The number of benzene rings is 1. The maximum absolute atomic E-state index is 13.2. The number of hydrogen-bond acceptors (Lipinski definition) is 3. The molecule has 0 aliphatic carbocycles. The molecule has 1 aromatic carbocycles. The molecule has 2 N–H and O–H groups in total. The molecule has 1 aliphatic rings. The first kappa shape index (κ1) is 23.6. The zero-order chi connectivity index (χ0) is 18.9. The number of aliphatic imine (C=N–C) groups is 1. The lowest BCUT2D eigenvalue weighted by molar-refractivity contribution is -0.133. The molecule has 27 heavy (non-hydrogen) atoms. The largest absolute Gasteiger partial charge is 0.356 e. The second kappa shape index (κ2) is 12.1. The van der Waals surface area contributed by atoms with E-state index in [1.807, 2.05) is 20.2 Å². The summed E-state index contributed by atoms with van der Waals surface area (Å²) in [6, 6.07) is 6.54. The van der Waals surface area contributed by atoms with Crippen LogP contribution in [0.25, 0.3) is 0 Å². The van der Waals surface area contributed by atoms with Crippen LogP contribution in [0.1, 0.15) is 24.8 Å². The van der Waals surface area contributed by atoms with Crippen LogP contribution >= 0.6 is 24.0 Å². The molecule has 1 amide bonds. The number of amides is 1. The van der Waals surface area contributed by atoms with Gasteiger partial charge in [0.05, 0.1) is 6.04 Å². The lowest BCUT2D eigenvalue weighted by Crippen LogP contribution is -2.44. The lowest BCUT2D eigenvalue weighted by Gasteiger charge is -2.26. The third kappa shape index (κ3) is 7.61. The Morgan fingerprint density at radius 2 is 2.15 bits per heavy atom. The van der Waals surface area contributed by atoms with Crippen molar-refractivity contribution in [3.05, 3.63) is 35.6 Å². The molecule has 6 nitrogen and oxygen atoms in total. The molecular weight excluding hydrogens is 460 g/mol. The van der Waals surface area contributed by atoms with E-state index in [9.17, 15) is 9.18 Å². The van der Waals surface area contributed by atoms with Gasteiger partial charge in [0.2, 0.25) is 5.91 Å². The summed E-state index contributed by atoms with van der Waals surface area (Å²) in [5.41, 5.74) is 0.870. The number of likely N-dealkylation sites (N-methyl/N-ethyl adjacent to an activating group) is 1. The zero-order valence-electron chi connectivity index (χ0n) is 16.4. The number of nitrogens with one attached hydrogen (secondary N) is 2. The molecule has 152 valence electrons. The van der Waals surface area contributed by atoms with E-state index in [-0.39, 0.29) is 41.7 Å². The van der Waals surface area contributed by atoms with Crippen molar-refractivity contribution in [2.45, 2.75) is 31.8 Å². The van der Waals surface area contributed by atoms with Crippen LogP contribution in [0, 0.1) is 5.82 Å². The molecule has 1 aromatic rings. The fourth-order valence-corrected chi connectivity index (χ4v) is 3.21. The molecule has 0 radical (unpaired) electrons. The third-order valence-electron chi connectivity index (χ3n) is 4.58. The van der Waals surface area contributed by atoms with Crippen molar-refractivity contribution in [1.29, 1.82) is 0 Å². The van der Waals surface area contributed by atoms with Crippen molar-refractivity contribution < 1.29 is 9.18 Å². The molecule has 0 saturated carbocycles. The Balaban J connectivity index is 0.00000364. The van der Waals surface area contributed by atoms with E-state index in [2.05, 4.69) is 20.5 Å². The summed E-state index contributed by atoms with van der Waals surface area (Å²) in [6.07, 6.45) is 2.95. The van der Waals surface area contributed by atoms with Gasteiger partial charge in [-0.1, -0.05) is 12.1 Å². The fourth-order valence-electron chi connectivity index (χ4n) is 3.21. The van der Waals surface area contributed by atoms with Crippen molar-refractivity contribution in [1.82, 2.24) is 20.4 Å². The smallest absolute Gasteiger partial charge is 0.239 e. The number of likely N-dealkylation sites (tertiary alicyclic amines) is 1. The van der Waals surface area contributed by atoms with Crippen LogP contribution in [-0.2, 0) is 11.3 Å². The number of rotatable bonds is 7. The van der Waals surface area contributed by atoms with Gasteiger partial charge in [0.25, 0.3) is 0 Å². The minimum atomic E-state index is -0.236. The van der Waals surface area contributed by atoms with Crippen LogP contribution in [0.15, 0.2) is 29.3 Å². The Kier molecular flexibility index (Phi) is 10.6. The second-order valence-corrected chi connectivity index (χ2v) is 6.76. The average Bonchev–Trinajstić information content (AvgIpc) is 3.08. The normalized spacial score (nSPS) is 17.3. The Morgan fingerprint density at radius 3 is 2.81 bits per heavy atom. The first-order valence-corrected chi connectivity index (χ1v) is 9.15. The van der Waals surface area contributed by atoms with Gasteiger partial charge in [-0.25, -0.2) is 4.39 Å². The highest BCUT2D eigenvalue weighted by Crippen LogP contribution is 2.18. The van der Waals surface area contributed by atoms with Gasteiger partial charge in [-0.05, 0) is 43.5 Å². The Morgan fingerprint density at radius 1 is 1.37 bits per heavy atom. The SMILES string of the molecule is CN=C(NCCCN1CCCC1C(=O)N(C)C)NCc1cccc(F)c1.I. The van der Waals surface area contributed by atoms with E-state index in [1.54, 1.807) is 18.0 Å². The van der Waals surface area contributed by atoms with E-state index in [0.29, 0.717) is 12.5 Å². The summed E-state index contributed by atoms with van der Waals surface area (Å²) >= 11 is 0. The monoisotopic (exact) mass is 491 g/mol. The minimum absolute atomic E-state index is 0. The predicted molar refractivity (Wildman–Crippen MR) is 118 cm³/mol. The molecule has 1 aliphatic heterocycles. The number of nitrogens with zero attached hydrogens (tertiary/aromatic N) is 3. The Bertz CT molecular complexity index is 626. The Hall–Kier alpha value is -1.42. The maximum Gasteiger partial charge on any atom is 0.239 e. The van der Waals surface area contributed by atoms with Gasteiger partial charge in [0.1, 0.15) is 5.82 Å². The van der Waals surface area contributed by atoms with Gasteiger partial charge in [-0.3, -0.25) is 14.7 Å². The number of guanidine groups is 1. The van der Waals surface area contributed by atoms with Crippen molar-refractivity contribution in [2.24, 2.45) is 4.99 Å². The van der Waals surface area contributed by atoms with Gasteiger partial charge >= 0.3 is 0 Å². The molecule has 1 unspecified atom stereocenters. The van der Waals surface area contributed by atoms with Crippen LogP contribution in [0.5, 0.6) is 0 Å². The molecule has 1 saturated heterocycles. The highest BCUT2D eigenvalue weighted by atomic mass is 127. The van der Waals surface area contributed by atoms with Gasteiger partial charge in [-0.15, -0.1) is 24.0 Å². The number of carbonyl (C=O) groups is 1. The van der Waals surface area contributed by atoms with Crippen LogP contribution in [0.2, 0.25) is 0 Å². The van der Waals surface area contributed by atoms with Crippen LogP contribution < -0.4 is 10.6 Å². The van der Waals surface area contributed by atoms with Gasteiger partial charge in [0.15, 0.2) is 5.96 Å². The maximum atomic E-state index is 13.2. The van der Waals surface area contributed by atoms with Crippen molar-refractivity contribution >= 4 is 35.8 Å². The summed E-state index contributed by atoms with van der Waals surface area (Å²) in [5, 5.41) is 6.45. The highest BCUT2D eigenvalue weighted by Gasteiger charge is 2.30. The summed E-state index contributed by atoms with van der Waals surface area (Å²) in [6.45, 7) is 3.15. The molecule has 1 heterocycles. The summed E-state index contributed by atoms with van der Waals surface area (Å²) in [4.78, 5) is 20.3. The van der Waals surface area contributed by atoms with Gasteiger partial charge in [-0.2, -0.15) is 0 Å². The summed E-state index contributed by atoms with van der Waals surface area (Å²) in [5.74, 6) is 0.652. The predicted octanol–water partition coefficient (Wildman–Crippen LogP) is 2.05. The molecule has 1 atom stereocenters. The molecule has 8 heteroatoms. The van der Waals surface area contributed by atoms with Crippen LogP contribution in [-0.4, -0.2) is 68.5 Å². The quantitative estimate of drug-likeness (QED) is 0.266. The molecule has 0 spiro atoms. The number of carbonyl (C=O) groups excluding carboxylic acids is 1. The van der Waals surface area contributed by atoms with E-state index < -0.39 is 0 Å². The zero-order valence-corrected chi connectivity index (χ0v) is 18.7. The van der Waals surface area contributed by atoms with Crippen LogP contribution in [0.3, 0.4) is 0 Å². The first-order chi connectivity index (χ1) is 12.5. The lowest BCUT2D eigenvalue weighted by atomic mass is 10.2.